The van der Waals surface area contributed by atoms with Crippen molar-refractivity contribution in [3.05, 3.63) is 35.4 Å². The number of alkyl halides is 3. The third-order valence-electron chi connectivity index (χ3n) is 3.13. The van der Waals surface area contributed by atoms with Crippen molar-refractivity contribution < 1.29 is 23.2 Å². The number of rotatable bonds is 2. The monoisotopic (exact) mass is 304 g/mol. The number of amides is 1. The van der Waals surface area contributed by atoms with Crippen molar-refractivity contribution in [3.63, 3.8) is 0 Å². The van der Waals surface area contributed by atoms with Crippen LogP contribution in [-0.2, 0) is 11.0 Å². The molecule has 1 aliphatic heterocycles. The Labute approximate surface area is 118 Å². The van der Waals surface area contributed by atoms with Crippen LogP contribution in [0, 0.1) is 0 Å². The summed E-state index contributed by atoms with van der Waals surface area (Å²) < 4.78 is 37.9. The molecule has 8 heteroatoms. The first kappa shape index (κ1) is 14.7. The molecule has 1 aromatic rings. The number of carbonyl (C=O) groups excluding carboxylic acids is 1. The van der Waals surface area contributed by atoms with Crippen molar-refractivity contribution >= 4 is 23.1 Å². The number of hydrogen-bond acceptors (Lipinski definition) is 3. The van der Waals surface area contributed by atoms with Crippen molar-refractivity contribution in [3.8, 4) is 0 Å². The lowest BCUT2D eigenvalue weighted by Gasteiger charge is -2.41. The topological polar surface area (TPSA) is 52.6 Å². The molecule has 0 bridgehead atoms. The molecule has 0 radical (unpaired) electrons. The molecule has 2 N–H and O–H groups in total. The van der Waals surface area contributed by atoms with Gasteiger partial charge in [-0.15, -0.1) is 0 Å². The molecule has 1 atom stereocenters. The predicted molar refractivity (Wildman–Crippen MR) is 68.2 cm³/mol. The molecule has 108 valence electrons. The molecular formula is C12H11F3N2O2S. The molecule has 0 saturated carbocycles. The summed E-state index contributed by atoms with van der Waals surface area (Å²) >= 11 is 5.12. The maximum absolute atomic E-state index is 12.6. The molecule has 1 amide bonds. The van der Waals surface area contributed by atoms with Crippen molar-refractivity contribution in [1.29, 1.82) is 0 Å². The molecule has 0 aromatic heterocycles. The van der Waals surface area contributed by atoms with E-state index in [1.165, 1.54) is 22.5 Å². The highest BCUT2D eigenvalue weighted by molar-refractivity contribution is 7.80. The Balaban J connectivity index is 2.20. The fourth-order valence-electron chi connectivity index (χ4n) is 1.97. The lowest BCUT2D eigenvalue weighted by atomic mass is 10.0. The SMILES string of the molecule is O=C(NO)C1CCN1C(=S)c1cccc(C(F)(F)F)c1. The van der Waals surface area contributed by atoms with Crippen molar-refractivity contribution in [2.24, 2.45) is 0 Å². The number of likely N-dealkylation sites (tertiary alicyclic amines) is 1. The molecule has 1 unspecified atom stereocenters. The van der Waals surface area contributed by atoms with Gasteiger partial charge in [0.1, 0.15) is 11.0 Å². The van der Waals surface area contributed by atoms with Crippen LogP contribution in [0.15, 0.2) is 24.3 Å². The van der Waals surface area contributed by atoms with Gasteiger partial charge in [-0.25, -0.2) is 5.48 Å². The van der Waals surface area contributed by atoms with Gasteiger partial charge in [-0.3, -0.25) is 10.0 Å². The van der Waals surface area contributed by atoms with Crippen LogP contribution in [0.4, 0.5) is 13.2 Å². The highest BCUT2D eigenvalue weighted by Gasteiger charge is 2.37. The Morgan fingerprint density at radius 2 is 2.15 bits per heavy atom. The summed E-state index contributed by atoms with van der Waals surface area (Å²) in [5, 5.41) is 8.57. The van der Waals surface area contributed by atoms with E-state index in [2.05, 4.69) is 0 Å². The summed E-state index contributed by atoms with van der Waals surface area (Å²) in [4.78, 5) is 13.0. The molecule has 2 rings (SSSR count). The van der Waals surface area contributed by atoms with Gasteiger partial charge in [-0.1, -0.05) is 24.4 Å². The zero-order chi connectivity index (χ0) is 14.9. The number of nitrogens with zero attached hydrogens (tertiary/aromatic N) is 1. The zero-order valence-corrected chi connectivity index (χ0v) is 11.0. The third-order valence-corrected chi connectivity index (χ3v) is 3.60. The van der Waals surface area contributed by atoms with Crippen molar-refractivity contribution in [1.82, 2.24) is 10.4 Å². The van der Waals surface area contributed by atoms with E-state index >= 15 is 0 Å². The van der Waals surface area contributed by atoms with Gasteiger partial charge in [-0.2, -0.15) is 13.2 Å². The largest absolute Gasteiger partial charge is 0.416 e. The molecule has 4 nitrogen and oxygen atoms in total. The van der Waals surface area contributed by atoms with Gasteiger partial charge < -0.3 is 4.90 Å². The zero-order valence-electron chi connectivity index (χ0n) is 10.1. The van der Waals surface area contributed by atoms with Gasteiger partial charge in [0.2, 0.25) is 0 Å². The first-order valence-electron chi connectivity index (χ1n) is 5.77. The van der Waals surface area contributed by atoms with Crippen LogP contribution in [0.1, 0.15) is 17.5 Å². The molecule has 1 saturated heterocycles. The van der Waals surface area contributed by atoms with Crippen LogP contribution < -0.4 is 5.48 Å². The van der Waals surface area contributed by atoms with Crippen LogP contribution >= 0.6 is 12.2 Å². The van der Waals surface area contributed by atoms with Gasteiger partial charge in [0.05, 0.1) is 5.56 Å². The molecule has 0 spiro atoms. The Hall–Kier alpha value is -1.67. The summed E-state index contributed by atoms with van der Waals surface area (Å²) in [7, 11) is 0. The van der Waals surface area contributed by atoms with Crippen molar-refractivity contribution in [2.75, 3.05) is 6.54 Å². The minimum atomic E-state index is -4.44. The number of benzene rings is 1. The van der Waals surface area contributed by atoms with E-state index in [1.807, 2.05) is 0 Å². The highest BCUT2D eigenvalue weighted by atomic mass is 32.1. The van der Waals surface area contributed by atoms with E-state index in [-0.39, 0.29) is 10.6 Å². The van der Waals surface area contributed by atoms with E-state index in [1.54, 1.807) is 0 Å². The Morgan fingerprint density at radius 3 is 2.65 bits per heavy atom. The van der Waals surface area contributed by atoms with E-state index < -0.39 is 23.7 Å². The molecule has 0 aliphatic carbocycles. The fourth-order valence-corrected chi connectivity index (χ4v) is 2.32. The maximum atomic E-state index is 12.6. The molecule has 1 fully saturated rings. The standard InChI is InChI=1S/C12H11F3N2O2S/c13-12(14,15)8-3-1-2-7(6-8)11(20)17-5-4-9(17)10(18)16-19/h1-3,6,9,19H,4-5H2,(H,16,18). The van der Waals surface area contributed by atoms with Crippen LogP contribution in [0.5, 0.6) is 0 Å². The Kier molecular flexibility index (Phi) is 3.96. The van der Waals surface area contributed by atoms with Gasteiger partial charge in [-0.05, 0) is 18.6 Å². The summed E-state index contributed by atoms with van der Waals surface area (Å²) in [6.07, 6.45) is -3.95. The average molecular weight is 304 g/mol. The van der Waals surface area contributed by atoms with E-state index in [0.717, 1.165) is 12.1 Å². The van der Waals surface area contributed by atoms with E-state index in [0.29, 0.717) is 13.0 Å². The average Bonchev–Trinajstić information content (AvgIpc) is 2.36. The highest BCUT2D eigenvalue weighted by Crippen LogP contribution is 2.30. The normalized spacial score (nSPS) is 18.4. The predicted octanol–water partition coefficient (Wildman–Crippen LogP) is 1.96. The van der Waals surface area contributed by atoms with Crippen LogP contribution in [0.2, 0.25) is 0 Å². The Morgan fingerprint density at radius 1 is 1.45 bits per heavy atom. The maximum Gasteiger partial charge on any atom is 0.416 e. The number of hydrogen-bond donors (Lipinski definition) is 2. The number of halogens is 3. The summed E-state index contributed by atoms with van der Waals surface area (Å²) in [5.41, 5.74) is 0.955. The lowest BCUT2D eigenvalue weighted by Crippen LogP contribution is -2.57. The second-order valence-corrected chi connectivity index (χ2v) is 4.74. The minimum absolute atomic E-state index is 0.163. The summed E-state index contributed by atoms with van der Waals surface area (Å²) in [6.45, 7) is 0.465. The first-order valence-corrected chi connectivity index (χ1v) is 6.17. The minimum Gasteiger partial charge on any atom is -0.350 e. The molecular weight excluding hydrogens is 293 g/mol. The van der Waals surface area contributed by atoms with Gasteiger partial charge in [0.15, 0.2) is 0 Å². The second-order valence-electron chi connectivity index (χ2n) is 4.36. The molecule has 1 aliphatic rings. The lowest BCUT2D eigenvalue weighted by molar-refractivity contribution is -0.138. The Bertz CT molecular complexity index is 548. The summed E-state index contributed by atoms with van der Waals surface area (Å²) in [6, 6.07) is 4.01. The van der Waals surface area contributed by atoms with Crippen molar-refractivity contribution in [2.45, 2.75) is 18.6 Å². The molecule has 1 heterocycles. The number of hydroxylamine groups is 1. The summed E-state index contributed by atoms with van der Waals surface area (Å²) in [5.74, 6) is -0.620. The first-order chi connectivity index (χ1) is 9.34. The van der Waals surface area contributed by atoms with Crippen LogP contribution in [-0.4, -0.2) is 33.6 Å². The molecule has 20 heavy (non-hydrogen) atoms. The van der Waals surface area contributed by atoms with Crippen LogP contribution in [0.3, 0.4) is 0 Å². The fraction of sp³-hybridized carbons (Fsp3) is 0.333. The van der Waals surface area contributed by atoms with Gasteiger partial charge >= 0.3 is 6.18 Å². The van der Waals surface area contributed by atoms with E-state index in [9.17, 15) is 18.0 Å². The number of thiocarbonyl (C=S) groups is 1. The number of carbonyl (C=O) groups is 1. The molecule has 1 aromatic carbocycles. The quantitative estimate of drug-likeness (QED) is 0.498. The van der Waals surface area contributed by atoms with Crippen LogP contribution in [0.25, 0.3) is 0 Å². The second kappa shape index (κ2) is 5.37. The smallest absolute Gasteiger partial charge is 0.350 e. The number of nitrogens with one attached hydrogen (secondary N) is 1. The van der Waals surface area contributed by atoms with Gasteiger partial charge in [0.25, 0.3) is 5.91 Å². The van der Waals surface area contributed by atoms with E-state index in [4.69, 9.17) is 17.4 Å². The van der Waals surface area contributed by atoms with Gasteiger partial charge in [0, 0.05) is 12.1 Å². The third kappa shape index (κ3) is 2.75.